The van der Waals surface area contributed by atoms with Crippen LogP contribution in [0.15, 0.2) is 11.2 Å². The Morgan fingerprint density at radius 3 is 2.40 bits per heavy atom. The predicted molar refractivity (Wildman–Crippen MR) is 31.5 cm³/mol. The monoisotopic (exact) mass is 163 g/mol. The molecule has 0 aliphatic rings. The van der Waals surface area contributed by atoms with E-state index in [1.165, 1.54) is 0 Å². The van der Waals surface area contributed by atoms with Crippen LogP contribution in [-0.2, 0) is 10.0 Å². The predicted octanol–water partition coefficient (Wildman–Crippen LogP) is -2.36. The smallest absolute Gasteiger partial charge is 0.259 e. The first-order valence-corrected chi connectivity index (χ1v) is 3.75. The second kappa shape index (κ2) is 1.92. The van der Waals surface area contributed by atoms with Gasteiger partial charge in [-0.3, -0.25) is 0 Å². The van der Waals surface area contributed by atoms with E-state index in [1.54, 1.807) is 0 Å². The molecule has 1 aromatic heterocycles. The molecule has 0 aromatic carbocycles. The highest BCUT2D eigenvalue weighted by atomic mass is 32.2. The van der Waals surface area contributed by atoms with Gasteiger partial charge in [-0.2, -0.15) is 4.79 Å². The molecule has 0 amide bonds. The Labute approximate surface area is 56.6 Å². The van der Waals surface area contributed by atoms with Gasteiger partial charge < -0.3 is 5.84 Å². The first kappa shape index (κ1) is 6.96. The molecule has 0 fully saturated rings. The molecule has 10 heavy (non-hydrogen) atoms. The molecule has 0 aliphatic heterocycles. The second-order valence-electron chi connectivity index (χ2n) is 1.58. The van der Waals surface area contributed by atoms with Crippen molar-refractivity contribution in [3.8, 4) is 0 Å². The highest BCUT2D eigenvalue weighted by Crippen LogP contribution is 1.95. The number of rotatable bonds is 1. The standard InChI is InChI=1S/C2H5N5O2S/c3-7-1-2(5-6-7)10(4,8)9/h1H,3H2,(H2,4,8,9). The van der Waals surface area contributed by atoms with Crippen molar-refractivity contribution in [3.63, 3.8) is 0 Å². The van der Waals surface area contributed by atoms with Gasteiger partial charge in [-0.25, -0.2) is 13.6 Å². The van der Waals surface area contributed by atoms with Gasteiger partial charge in [0.2, 0.25) is 5.03 Å². The van der Waals surface area contributed by atoms with Crippen LogP contribution in [0.3, 0.4) is 0 Å². The number of sulfonamides is 1. The van der Waals surface area contributed by atoms with Crippen molar-refractivity contribution >= 4 is 10.0 Å². The lowest BCUT2D eigenvalue weighted by Gasteiger charge is -1.84. The maximum atomic E-state index is 10.5. The van der Waals surface area contributed by atoms with Gasteiger partial charge in [0.05, 0.1) is 6.20 Å². The highest BCUT2D eigenvalue weighted by Gasteiger charge is 2.11. The lowest BCUT2D eigenvalue weighted by atomic mass is 10.9. The van der Waals surface area contributed by atoms with Crippen LogP contribution in [0, 0.1) is 0 Å². The maximum Gasteiger partial charge on any atom is 0.259 e. The van der Waals surface area contributed by atoms with Crippen LogP contribution in [0.2, 0.25) is 0 Å². The molecule has 1 heterocycles. The zero-order chi connectivity index (χ0) is 7.78. The third-order valence-electron chi connectivity index (χ3n) is 0.781. The van der Waals surface area contributed by atoms with E-state index in [1.807, 2.05) is 0 Å². The van der Waals surface area contributed by atoms with Crippen LogP contribution in [-0.4, -0.2) is 23.5 Å². The fourth-order valence-electron chi connectivity index (χ4n) is 0.391. The first-order valence-electron chi connectivity index (χ1n) is 2.20. The summed E-state index contributed by atoms with van der Waals surface area (Å²) in [5.41, 5.74) is 0. The number of nitrogens with two attached hydrogens (primary N) is 2. The Bertz CT molecular complexity index is 325. The largest absolute Gasteiger partial charge is 0.322 e. The van der Waals surface area contributed by atoms with Crippen molar-refractivity contribution in [2.75, 3.05) is 5.84 Å². The van der Waals surface area contributed by atoms with Gasteiger partial charge >= 0.3 is 0 Å². The summed E-state index contributed by atoms with van der Waals surface area (Å²) < 4.78 is 20.9. The molecule has 0 bridgehead atoms. The van der Waals surface area contributed by atoms with E-state index in [-0.39, 0.29) is 5.03 Å². The van der Waals surface area contributed by atoms with Gasteiger partial charge in [0, 0.05) is 0 Å². The Morgan fingerprint density at radius 2 is 2.20 bits per heavy atom. The van der Waals surface area contributed by atoms with Crippen LogP contribution in [0.4, 0.5) is 0 Å². The molecule has 0 atom stereocenters. The van der Waals surface area contributed by atoms with Crippen molar-refractivity contribution in [3.05, 3.63) is 6.20 Å². The Morgan fingerprint density at radius 1 is 1.60 bits per heavy atom. The zero-order valence-electron chi connectivity index (χ0n) is 4.80. The highest BCUT2D eigenvalue weighted by molar-refractivity contribution is 7.89. The molecule has 0 aliphatic carbocycles. The molecule has 0 unspecified atom stereocenters. The summed E-state index contributed by atoms with van der Waals surface area (Å²) in [5.74, 6) is 5.00. The van der Waals surface area contributed by atoms with Gasteiger partial charge in [0.25, 0.3) is 10.0 Å². The van der Waals surface area contributed by atoms with Crippen LogP contribution < -0.4 is 11.0 Å². The summed E-state index contributed by atoms with van der Waals surface area (Å²) in [6, 6.07) is 0. The molecule has 7 nitrogen and oxygen atoms in total. The minimum atomic E-state index is -3.76. The molecule has 8 heteroatoms. The zero-order valence-corrected chi connectivity index (χ0v) is 5.61. The molecule has 0 saturated heterocycles. The third-order valence-corrected chi connectivity index (χ3v) is 1.55. The summed E-state index contributed by atoms with van der Waals surface area (Å²) in [6.45, 7) is 0. The minimum Gasteiger partial charge on any atom is -0.322 e. The number of aromatic nitrogens is 3. The average Bonchev–Trinajstić information content (AvgIpc) is 2.11. The summed E-state index contributed by atoms with van der Waals surface area (Å²) in [6.07, 6.45) is 1.01. The van der Waals surface area contributed by atoms with E-state index in [0.29, 0.717) is 0 Å². The molecule has 1 aromatic rings. The van der Waals surface area contributed by atoms with E-state index < -0.39 is 10.0 Å². The summed E-state index contributed by atoms with van der Waals surface area (Å²) in [7, 11) is -3.76. The van der Waals surface area contributed by atoms with Crippen LogP contribution >= 0.6 is 0 Å². The Balaban J connectivity index is 3.21. The van der Waals surface area contributed by atoms with Gasteiger partial charge in [-0.15, -0.1) is 5.10 Å². The van der Waals surface area contributed by atoms with Gasteiger partial charge in [0.15, 0.2) is 0 Å². The van der Waals surface area contributed by atoms with E-state index in [4.69, 9.17) is 5.84 Å². The van der Waals surface area contributed by atoms with E-state index >= 15 is 0 Å². The average molecular weight is 163 g/mol. The SMILES string of the molecule is Nn1cc(S(N)(=O)=O)nn1. The van der Waals surface area contributed by atoms with E-state index in [9.17, 15) is 8.42 Å². The fraction of sp³-hybridized carbons (Fsp3) is 0. The molecule has 56 valence electrons. The van der Waals surface area contributed by atoms with Crippen LogP contribution in [0.5, 0.6) is 0 Å². The van der Waals surface area contributed by atoms with Gasteiger partial charge in [0.1, 0.15) is 0 Å². The van der Waals surface area contributed by atoms with E-state index in [0.717, 1.165) is 11.0 Å². The summed E-state index contributed by atoms with van der Waals surface area (Å²) in [4.78, 5) is 0.764. The normalized spacial score (nSPS) is 11.7. The van der Waals surface area contributed by atoms with Crippen molar-refractivity contribution in [1.82, 2.24) is 15.1 Å². The molecule has 0 saturated carbocycles. The molecule has 0 radical (unpaired) electrons. The van der Waals surface area contributed by atoms with Crippen LogP contribution in [0.25, 0.3) is 0 Å². The molecular weight excluding hydrogens is 158 g/mol. The van der Waals surface area contributed by atoms with Crippen molar-refractivity contribution in [1.29, 1.82) is 0 Å². The number of nitrogen functional groups attached to an aromatic ring is 1. The lowest BCUT2D eigenvalue weighted by Crippen LogP contribution is -2.12. The van der Waals surface area contributed by atoms with E-state index in [2.05, 4.69) is 15.5 Å². The topological polar surface area (TPSA) is 117 Å². The molecular formula is C2H5N5O2S. The maximum absolute atomic E-state index is 10.5. The second-order valence-corrected chi connectivity index (χ2v) is 3.09. The van der Waals surface area contributed by atoms with Crippen molar-refractivity contribution in [2.24, 2.45) is 5.14 Å². The summed E-state index contributed by atoms with van der Waals surface area (Å²) in [5, 5.41) is 10.7. The van der Waals surface area contributed by atoms with Gasteiger partial charge in [-0.05, 0) is 5.21 Å². The Kier molecular flexibility index (Phi) is 1.34. The number of nitrogens with zero attached hydrogens (tertiary/aromatic N) is 3. The van der Waals surface area contributed by atoms with Crippen LogP contribution in [0.1, 0.15) is 0 Å². The molecule has 0 spiro atoms. The molecule has 4 N–H and O–H groups in total. The number of primary sulfonamides is 1. The fourth-order valence-corrected chi connectivity index (χ4v) is 0.796. The number of hydrogen-bond acceptors (Lipinski definition) is 5. The number of hydrogen-bond donors (Lipinski definition) is 2. The minimum absolute atomic E-state index is 0.338. The van der Waals surface area contributed by atoms with Gasteiger partial charge in [-0.1, -0.05) is 0 Å². The quantitative estimate of drug-likeness (QED) is 0.449. The third kappa shape index (κ3) is 1.22. The first-order chi connectivity index (χ1) is 4.50. The lowest BCUT2D eigenvalue weighted by molar-refractivity contribution is 0.593. The van der Waals surface area contributed by atoms with Crippen molar-refractivity contribution in [2.45, 2.75) is 5.03 Å². The Hall–Kier alpha value is -1.15. The van der Waals surface area contributed by atoms with Crippen molar-refractivity contribution < 1.29 is 8.42 Å². The molecule has 1 rings (SSSR count). The summed E-state index contributed by atoms with van der Waals surface area (Å²) >= 11 is 0.